The Hall–Kier alpha value is -4.81. The highest BCUT2D eigenvalue weighted by Crippen LogP contribution is 2.34. The van der Waals surface area contributed by atoms with Crippen LogP contribution in [-0.2, 0) is 25.7 Å². The number of hydrogen-bond donors (Lipinski definition) is 3. The van der Waals surface area contributed by atoms with Crippen LogP contribution in [0.3, 0.4) is 0 Å². The van der Waals surface area contributed by atoms with Gasteiger partial charge in [-0.3, -0.25) is 24.5 Å². The van der Waals surface area contributed by atoms with Crippen LogP contribution < -0.4 is 20.9 Å². The van der Waals surface area contributed by atoms with E-state index in [1.54, 1.807) is 30.3 Å². The number of ether oxygens (including phenoxy) is 1. The van der Waals surface area contributed by atoms with Gasteiger partial charge in [0.2, 0.25) is 17.7 Å². The largest absolute Gasteiger partial charge is 0.444 e. The van der Waals surface area contributed by atoms with Gasteiger partial charge in [0.25, 0.3) is 5.91 Å². The molecule has 4 rings (SSSR count). The number of nitrogens with zero attached hydrogens (tertiary/aromatic N) is 4. The first-order valence-electron chi connectivity index (χ1n) is 14.6. The number of benzene rings is 2. The highest BCUT2D eigenvalue weighted by atomic mass is 16.6. The Morgan fingerprint density at radius 3 is 2.41 bits per heavy atom. The van der Waals surface area contributed by atoms with Gasteiger partial charge in [0, 0.05) is 49.9 Å². The van der Waals surface area contributed by atoms with Crippen molar-refractivity contribution >= 4 is 46.8 Å². The molecule has 0 radical (unpaired) electrons. The van der Waals surface area contributed by atoms with Crippen molar-refractivity contribution in [3.63, 3.8) is 0 Å². The van der Waals surface area contributed by atoms with Crippen LogP contribution in [0.5, 0.6) is 0 Å². The van der Waals surface area contributed by atoms with Crippen LogP contribution in [0.15, 0.2) is 52.7 Å². The first kappa shape index (κ1) is 32.1. The Bertz CT molecular complexity index is 1430. The van der Waals surface area contributed by atoms with Gasteiger partial charge in [0.05, 0.1) is 17.9 Å². The highest BCUT2D eigenvalue weighted by Gasteiger charge is 2.39. The number of anilines is 1. The summed E-state index contributed by atoms with van der Waals surface area (Å²) in [6.07, 6.45) is 1.47. The summed E-state index contributed by atoms with van der Waals surface area (Å²) in [7, 11) is 1.82. The molecule has 1 fully saturated rings. The number of hydrogen-bond acceptors (Lipinski definition) is 9. The van der Waals surface area contributed by atoms with Gasteiger partial charge in [0.1, 0.15) is 11.6 Å². The molecule has 3 N–H and O–H groups in total. The van der Waals surface area contributed by atoms with Crippen LogP contribution in [-0.4, -0.2) is 72.9 Å². The molecule has 1 unspecified atom stereocenters. The average molecular weight is 606 g/mol. The molecule has 2 aromatic rings. The van der Waals surface area contributed by atoms with E-state index in [0.717, 1.165) is 12.1 Å². The molecule has 13 nitrogen and oxygen atoms in total. The van der Waals surface area contributed by atoms with Gasteiger partial charge in [-0.15, -0.1) is 0 Å². The minimum Gasteiger partial charge on any atom is -0.444 e. The second-order valence-corrected chi connectivity index (χ2v) is 11.8. The van der Waals surface area contributed by atoms with Crippen molar-refractivity contribution in [2.24, 2.45) is 10.2 Å². The lowest BCUT2D eigenvalue weighted by atomic mass is 10.0. The van der Waals surface area contributed by atoms with Gasteiger partial charge in [-0.1, -0.05) is 6.07 Å². The third-order valence-corrected chi connectivity index (χ3v) is 7.10. The number of unbranched alkanes of at least 4 members (excludes halogenated alkanes) is 1. The van der Waals surface area contributed by atoms with Gasteiger partial charge in [0.15, 0.2) is 0 Å². The molecule has 13 heteroatoms. The smallest absolute Gasteiger partial charge is 0.407 e. The molecular weight excluding hydrogens is 566 g/mol. The Kier molecular flexibility index (Phi) is 10.3. The van der Waals surface area contributed by atoms with Crippen LogP contribution in [0.25, 0.3) is 0 Å². The summed E-state index contributed by atoms with van der Waals surface area (Å²) in [5.41, 5.74) is 2.57. The Labute approximate surface area is 256 Å². The van der Waals surface area contributed by atoms with E-state index < -0.39 is 23.6 Å². The molecule has 1 saturated heterocycles. The van der Waals surface area contributed by atoms with Gasteiger partial charge in [-0.05, 0) is 76.4 Å². The lowest BCUT2D eigenvalue weighted by molar-refractivity contribution is -0.137. The van der Waals surface area contributed by atoms with Gasteiger partial charge >= 0.3 is 6.09 Å². The number of alkyl carbamates (subject to hydrolysis) is 1. The van der Waals surface area contributed by atoms with Gasteiger partial charge in [-0.2, -0.15) is 10.2 Å². The van der Waals surface area contributed by atoms with E-state index in [-0.39, 0.29) is 37.2 Å². The maximum Gasteiger partial charge on any atom is 0.407 e. The summed E-state index contributed by atoms with van der Waals surface area (Å²) >= 11 is 0. The Morgan fingerprint density at radius 1 is 1.02 bits per heavy atom. The molecule has 234 valence electrons. The summed E-state index contributed by atoms with van der Waals surface area (Å²) in [5.74, 6) is -1.17. The molecule has 0 spiro atoms. The molecule has 44 heavy (non-hydrogen) atoms. The number of azo groups is 1. The molecule has 0 aliphatic carbocycles. The van der Waals surface area contributed by atoms with Crippen LogP contribution in [0.1, 0.15) is 62.4 Å². The van der Waals surface area contributed by atoms with Crippen LogP contribution in [0.4, 0.5) is 21.9 Å². The number of carbonyl (C=O) groups excluding carboxylic acids is 5. The second-order valence-electron chi connectivity index (χ2n) is 11.8. The molecule has 2 aliphatic heterocycles. The number of piperidine rings is 1. The summed E-state index contributed by atoms with van der Waals surface area (Å²) in [6.45, 7) is 6.78. The van der Waals surface area contributed by atoms with Crippen molar-refractivity contribution in [1.29, 1.82) is 0 Å². The normalized spacial score (nSPS) is 16.5. The fraction of sp³-hybridized carbons (Fsp3) is 0.452. The second kappa shape index (κ2) is 14.1. The lowest BCUT2D eigenvalue weighted by Crippen LogP contribution is -2.52. The molecule has 0 aromatic heterocycles. The lowest BCUT2D eigenvalue weighted by Gasteiger charge is -2.29. The predicted molar refractivity (Wildman–Crippen MR) is 163 cm³/mol. The summed E-state index contributed by atoms with van der Waals surface area (Å²) in [5, 5.41) is 16.6. The molecule has 0 saturated carbocycles. The van der Waals surface area contributed by atoms with Crippen LogP contribution >= 0.6 is 0 Å². The van der Waals surface area contributed by atoms with Crippen molar-refractivity contribution < 1.29 is 28.7 Å². The topological polar surface area (TPSA) is 162 Å². The van der Waals surface area contributed by atoms with E-state index in [1.165, 1.54) is 4.90 Å². The number of rotatable bonds is 11. The van der Waals surface area contributed by atoms with E-state index in [0.29, 0.717) is 48.4 Å². The Balaban J connectivity index is 1.24. The van der Waals surface area contributed by atoms with Gasteiger partial charge < -0.3 is 25.2 Å². The van der Waals surface area contributed by atoms with Crippen molar-refractivity contribution in [1.82, 2.24) is 20.9 Å². The maximum absolute atomic E-state index is 13.0. The van der Waals surface area contributed by atoms with Crippen molar-refractivity contribution in [3.8, 4) is 0 Å². The van der Waals surface area contributed by atoms with E-state index in [4.69, 9.17) is 4.74 Å². The molecule has 5 amide bonds. The average Bonchev–Trinajstić information content (AvgIpc) is 3.29. The zero-order chi connectivity index (χ0) is 31.9. The maximum atomic E-state index is 13.0. The minimum atomic E-state index is -0.697. The summed E-state index contributed by atoms with van der Waals surface area (Å²) in [6, 6.07) is 11.8. The third-order valence-electron chi connectivity index (χ3n) is 7.10. The third kappa shape index (κ3) is 8.62. The fourth-order valence-electron chi connectivity index (χ4n) is 4.89. The van der Waals surface area contributed by atoms with E-state index in [2.05, 4.69) is 26.2 Å². The molecule has 2 heterocycles. The van der Waals surface area contributed by atoms with Gasteiger partial charge in [-0.25, -0.2) is 4.79 Å². The van der Waals surface area contributed by atoms with E-state index in [9.17, 15) is 24.0 Å². The zero-order valence-electron chi connectivity index (χ0n) is 25.5. The number of carbonyl (C=O) groups is 5. The predicted octanol–water partition coefficient (Wildman–Crippen LogP) is 3.72. The quantitative estimate of drug-likeness (QED) is 0.200. The van der Waals surface area contributed by atoms with Crippen LogP contribution in [0, 0.1) is 0 Å². The van der Waals surface area contributed by atoms with E-state index in [1.807, 2.05) is 44.9 Å². The van der Waals surface area contributed by atoms with E-state index >= 15 is 0 Å². The van der Waals surface area contributed by atoms with Crippen molar-refractivity contribution in [2.75, 3.05) is 31.6 Å². The fourth-order valence-corrected chi connectivity index (χ4v) is 4.89. The number of likely N-dealkylation sites (N-methyl/N-ethyl adjacent to an activating group) is 1. The SMILES string of the molecule is CN(CC(=O)NCCCCNC(=O)OC(C)(C)C)c1ccc(N=Nc2cccc3c2CN(C2CCC(=O)NC2=O)C3=O)cc1. The summed E-state index contributed by atoms with van der Waals surface area (Å²) in [4.78, 5) is 64.2. The minimum absolute atomic E-state index is 0.116. The summed E-state index contributed by atoms with van der Waals surface area (Å²) < 4.78 is 5.19. The van der Waals surface area contributed by atoms with Crippen molar-refractivity contribution in [3.05, 3.63) is 53.6 Å². The Morgan fingerprint density at radius 2 is 1.73 bits per heavy atom. The number of imide groups is 1. The standard InChI is InChI=1S/C31H39N7O6/c1-31(2,3)44-30(43)33-17-6-5-16-32-27(40)19-37(4)21-12-10-20(11-13-21)35-36-24-9-7-8-22-23(24)18-38(29(22)42)25-14-15-26(39)34-28(25)41/h7-13,25H,5-6,14-19H2,1-4H3,(H,32,40)(H,33,43)(H,34,39,41). The molecule has 1 atom stereocenters. The molecule has 2 aliphatic rings. The monoisotopic (exact) mass is 605 g/mol. The van der Waals surface area contributed by atoms with Crippen LogP contribution in [0.2, 0.25) is 0 Å². The van der Waals surface area contributed by atoms with Crippen molar-refractivity contribution in [2.45, 2.75) is 64.6 Å². The number of nitrogens with one attached hydrogen (secondary N) is 3. The first-order valence-corrected chi connectivity index (χ1v) is 14.6. The zero-order valence-corrected chi connectivity index (χ0v) is 25.5. The number of amides is 5. The first-order chi connectivity index (χ1) is 20.9. The highest BCUT2D eigenvalue weighted by molar-refractivity contribution is 6.06. The molecule has 2 aromatic carbocycles. The number of fused-ring (bicyclic) bond motifs is 1. The molecule has 0 bridgehead atoms. The molecular formula is C31H39N7O6.